The minimum absolute atomic E-state index is 0.288. The molecule has 2 rings (SSSR count). The number of nitrogens with zero attached hydrogens (tertiary/aromatic N) is 2. The van der Waals surface area contributed by atoms with Crippen LogP contribution in [0.15, 0.2) is 34.9 Å². The molecule has 0 radical (unpaired) electrons. The van der Waals surface area contributed by atoms with Crippen LogP contribution >= 0.6 is 15.9 Å². The molecule has 0 saturated heterocycles. The number of hydrogen-bond acceptors (Lipinski definition) is 2. The summed E-state index contributed by atoms with van der Waals surface area (Å²) in [5.74, 6) is -0.288. The molecule has 16 heavy (non-hydrogen) atoms. The zero-order valence-electron chi connectivity index (χ0n) is 8.69. The second kappa shape index (κ2) is 4.35. The molecule has 1 aromatic heterocycles. The van der Waals surface area contributed by atoms with E-state index in [9.17, 15) is 4.39 Å². The van der Waals surface area contributed by atoms with Gasteiger partial charge in [0.15, 0.2) is 0 Å². The highest BCUT2D eigenvalue weighted by molar-refractivity contribution is 9.10. The number of aromatic nitrogens is 2. The summed E-state index contributed by atoms with van der Waals surface area (Å²) < 4.78 is 15.3. The van der Waals surface area contributed by atoms with Crippen molar-refractivity contribution in [3.05, 3.63) is 52.0 Å². The number of nitrogens with two attached hydrogens (primary N) is 1. The van der Waals surface area contributed by atoms with Gasteiger partial charge in [0.1, 0.15) is 5.82 Å². The third-order valence-electron chi connectivity index (χ3n) is 2.35. The second-order valence-electron chi connectivity index (χ2n) is 3.56. The summed E-state index contributed by atoms with van der Waals surface area (Å²) in [6.07, 6.45) is 1.83. The quantitative estimate of drug-likeness (QED) is 0.920. The number of rotatable bonds is 2. The first-order valence-corrected chi connectivity index (χ1v) is 5.57. The van der Waals surface area contributed by atoms with Gasteiger partial charge in [-0.3, -0.25) is 4.68 Å². The largest absolute Gasteiger partial charge is 0.319 e. The van der Waals surface area contributed by atoms with Gasteiger partial charge in [-0.2, -0.15) is 5.10 Å². The normalized spacial score (nSPS) is 12.8. The van der Waals surface area contributed by atoms with Crippen LogP contribution in [0.2, 0.25) is 0 Å². The predicted molar refractivity (Wildman–Crippen MR) is 63.3 cm³/mol. The summed E-state index contributed by atoms with van der Waals surface area (Å²) in [6, 6.07) is 5.96. The molecule has 1 unspecified atom stereocenters. The highest BCUT2D eigenvalue weighted by atomic mass is 79.9. The first kappa shape index (κ1) is 11.3. The molecule has 1 heterocycles. The average molecular weight is 284 g/mol. The van der Waals surface area contributed by atoms with E-state index in [1.54, 1.807) is 10.7 Å². The SMILES string of the molecule is Cn1ccc(C(N)c2ccc(F)cc2Br)n1. The van der Waals surface area contributed by atoms with E-state index < -0.39 is 0 Å². The van der Waals surface area contributed by atoms with Crippen LogP contribution in [0.1, 0.15) is 17.3 Å². The summed E-state index contributed by atoms with van der Waals surface area (Å²) in [4.78, 5) is 0. The lowest BCUT2D eigenvalue weighted by Gasteiger charge is -2.11. The Kier molecular flexibility index (Phi) is 3.07. The van der Waals surface area contributed by atoms with Gasteiger partial charge >= 0.3 is 0 Å². The number of halogens is 2. The Morgan fingerprint density at radius 2 is 2.19 bits per heavy atom. The van der Waals surface area contributed by atoms with Gasteiger partial charge in [-0.25, -0.2) is 4.39 Å². The summed E-state index contributed by atoms with van der Waals surface area (Å²) in [5.41, 5.74) is 7.63. The van der Waals surface area contributed by atoms with E-state index in [0.717, 1.165) is 11.3 Å². The molecular weight excluding hydrogens is 273 g/mol. The van der Waals surface area contributed by atoms with E-state index >= 15 is 0 Å². The van der Waals surface area contributed by atoms with Crippen LogP contribution < -0.4 is 5.73 Å². The summed E-state index contributed by atoms with van der Waals surface area (Å²) in [7, 11) is 1.83. The van der Waals surface area contributed by atoms with Gasteiger partial charge < -0.3 is 5.73 Å². The van der Waals surface area contributed by atoms with Crippen molar-refractivity contribution >= 4 is 15.9 Å². The maximum atomic E-state index is 12.9. The van der Waals surface area contributed by atoms with Gasteiger partial charge in [0.05, 0.1) is 11.7 Å². The molecule has 0 saturated carbocycles. The van der Waals surface area contributed by atoms with E-state index in [0.29, 0.717) is 4.47 Å². The standard InChI is InChI=1S/C11H11BrFN3/c1-16-5-4-10(15-16)11(14)8-3-2-7(13)6-9(8)12/h2-6,11H,14H2,1H3. The molecule has 3 nitrogen and oxygen atoms in total. The van der Waals surface area contributed by atoms with Gasteiger partial charge in [-0.05, 0) is 23.8 Å². The van der Waals surface area contributed by atoms with E-state index in [-0.39, 0.29) is 11.9 Å². The maximum absolute atomic E-state index is 12.9. The van der Waals surface area contributed by atoms with Gasteiger partial charge in [0.25, 0.3) is 0 Å². The number of benzene rings is 1. The summed E-state index contributed by atoms with van der Waals surface area (Å²) >= 11 is 3.30. The van der Waals surface area contributed by atoms with Crippen molar-refractivity contribution in [3.63, 3.8) is 0 Å². The fraction of sp³-hybridized carbons (Fsp3) is 0.182. The fourth-order valence-corrected chi connectivity index (χ4v) is 2.11. The molecule has 2 N–H and O–H groups in total. The van der Waals surface area contributed by atoms with Crippen molar-refractivity contribution < 1.29 is 4.39 Å². The molecule has 0 fully saturated rings. The summed E-state index contributed by atoms with van der Waals surface area (Å²) in [5, 5.41) is 4.23. The zero-order chi connectivity index (χ0) is 11.7. The van der Waals surface area contributed by atoms with E-state index in [1.165, 1.54) is 12.1 Å². The van der Waals surface area contributed by atoms with E-state index in [2.05, 4.69) is 21.0 Å². The van der Waals surface area contributed by atoms with Crippen LogP contribution in [0, 0.1) is 5.82 Å². The molecule has 0 amide bonds. The van der Waals surface area contributed by atoms with Crippen molar-refractivity contribution in [3.8, 4) is 0 Å². The van der Waals surface area contributed by atoms with Gasteiger partial charge in [0, 0.05) is 17.7 Å². The molecule has 1 atom stereocenters. The molecule has 84 valence electrons. The summed E-state index contributed by atoms with van der Waals surface area (Å²) in [6.45, 7) is 0. The lowest BCUT2D eigenvalue weighted by Crippen LogP contribution is -2.13. The molecule has 0 aliphatic carbocycles. The topological polar surface area (TPSA) is 43.8 Å². The van der Waals surface area contributed by atoms with Crippen molar-refractivity contribution in [2.75, 3.05) is 0 Å². The molecule has 0 spiro atoms. The Morgan fingerprint density at radius 3 is 2.75 bits per heavy atom. The van der Waals surface area contributed by atoms with Crippen molar-refractivity contribution in [2.24, 2.45) is 12.8 Å². The fourth-order valence-electron chi connectivity index (χ4n) is 1.51. The van der Waals surface area contributed by atoms with Gasteiger partial charge in [-0.15, -0.1) is 0 Å². The smallest absolute Gasteiger partial charge is 0.124 e. The first-order chi connectivity index (χ1) is 7.58. The van der Waals surface area contributed by atoms with Crippen LogP contribution in [0.4, 0.5) is 4.39 Å². The number of aryl methyl sites for hydroxylation is 1. The minimum atomic E-state index is -0.351. The molecule has 0 aliphatic rings. The monoisotopic (exact) mass is 283 g/mol. The third-order valence-corrected chi connectivity index (χ3v) is 3.04. The third kappa shape index (κ3) is 2.15. The highest BCUT2D eigenvalue weighted by Crippen LogP contribution is 2.26. The lowest BCUT2D eigenvalue weighted by atomic mass is 10.1. The van der Waals surface area contributed by atoms with Crippen LogP contribution in [0.5, 0.6) is 0 Å². The van der Waals surface area contributed by atoms with Crippen LogP contribution in [0.3, 0.4) is 0 Å². The Bertz CT molecular complexity index is 510. The van der Waals surface area contributed by atoms with Crippen molar-refractivity contribution in [1.29, 1.82) is 0 Å². The highest BCUT2D eigenvalue weighted by Gasteiger charge is 2.14. The Labute approximate surface area is 101 Å². The molecule has 1 aromatic carbocycles. The average Bonchev–Trinajstić information content (AvgIpc) is 2.64. The van der Waals surface area contributed by atoms with Crippen LogP contribution in [-0.2, 0) is 7.05 Å². The Morgan fingerprint density at radius 1 is 1.44 bits per heavy atom. The maximum Gasteiger partial charge on any atom is 0.124 e. The second-order valence-corrected chi connectivity index (χ2v) is 4.41. The molecular formula is C11H11BrFN3. The molecule has 2 aromatic rings. The minimum Gasteiger partial charge on any atom is -0.319 e. The van der Waals surface area contributed by atoms with Crippen LogP contribution in [-0.4, -0.2) is 9.78 Å². The number of hydrogen-bond donors (Lipinski definition) is 1. The molecule has 0 aliphatic heterocycles. The lowest BCUT2D eigenvalue weighted by molar-refractivity contribution is 0.624. The van der Waals surface area contributed by atoms with Crippen molar-refractivity contribution in [1.82, 2.24) is 9.78 Å². The molecule has 5 heteroatoms. The predicted octanol–water partition coefficient (Wildman–Crippen LogP) is 2.37. The van der Waals surface area contributed by atoms with Gasteiger partial charge in [0.2, 0.25) is 0 Å². The molecule has 0 bridgehead atoms. The van der Waals surface area contributed by atoms with Crippen molar-refractivity contribution in [2.45, 2.75) is 6.04 Å². The Hall–Kier alpha value is -1.20. The van der Waals surface area contributed by atoms with Gasteiger partial charge in [-0.1, -0.05) is 22.0 Å². The Balaban J connectivity index is 2.37. The van der Waals surface area contributed by atoms with E-state index in [4.69, 9.17) is 5.73 Å². The van der Waals surface area contributed by atoms with E-state index in [1.807, 2.05) is 19.3 Å². The first-order valence-electron chi connectivity index (χ1n) is 4.78. The van der Waals surface area contributed by atoms with Crippen LogP contribution in [0.25, 0.3) is 0 Å². The zero-order valence-corrected chi connectivity index (χ0v) is 10.3.